The van der Waals surface area contributed by atoms with Gasteiger partial charge in [-0.25, -0.2) is 4.79 Å². The van der Waals surface area contributed by atoms with Crippen molar-refractivity contribution in [1.29, 1.82) is 0 Å². The maximum Gasteiger partial charge on any atom is 0.331 e. The minimum atomic E-state index is -0.613. The zero-order valence-corrected chi connectivity index (χ0v) is 16.1. The molecule has 0 saturated heterocycles. The largest absolute Gasteiger partial charge is 0.486 e. The van der Waals surface area contributed by atoms with Crippen molar-refractivity contribution in [2.24, 2.45) is 0 Å². The molecule has 1 aliphatic rings. The Morgan fingerprint density at radius 1 is 1.25 bits per heavy atom. The highest BCUT2D eigenvalue weighted by Crippen LogP contribution is 2.30. The lowest BCUT2D eigenvalue weighted by molar-refractivity contribution is -0.143. The van der Waals surface area contributed by atoms with Gasteiger partial charge in [-0.1, -0.05) is 35.9 Å². The van der Waals surface area contributed by atoms with Crippen LogP contribution in [0.5, 0.6) is 11.5 Å². The molecule has 7 heteroatoms. The molecule has 6 nitrogen and oxygen atoms in total. The normalized spacial score (nSPS) is 15.3. The van der Waals surface area contributed by atoms with Crippen molar-refractivity contribution in [3.63, 3.8) is 0 Å². The van der Waals surface area contributed by atoms with Crippen LogP contribution in [0.15, 0.2) is 48.5 Å². The fourth-order valence-electron chi connectivity index (χ4n) is 2.50. The Bertz CT molecular complexity index is 896. The molecule has 2 aromatic carbocycles. The smallest absolute Gasteiger partial charge is 0.331 e. The zero-order chi connectivity index (χ0) is 19.9. The van der Waals surface area contributed by atoms with E-state index in [1.165, 1.54) is 6.08 Å². The van der Waals surface area contributed by atoms with E-state index in [2.05, 4.69) is 5.32 Å². The first-order valence-electron chi connectivity index (χ1n) is 8.77. The third-order valence-electron chi connectivity index (χ3n) is 4.05. The number of aryl methyl sites for hydroxylation is 1. The van der Waals surface area contributed by atoms with E-state index < -0.39 is 11.9 Å². The van der Waals surface area contributed by atoms with Gasteiger partial charge in [0.25, 0.3) is 5.91 Å². The van der Waals surface area contributed by atoms with Gasteiger partial charge in [0.15, 0.2) is 18.1 Å². The van der Waals surface area contributed by atoms with E-state index >= 15 is 0 Å². The summed E-state index contributed by atoms with van der Waals surface area (Å²) in [6, 6.07) is 12.8. The van der Waals surface area contributed by atoms with Crippen LogP contribution < -0.4 is 14.8 Å². The van der Waals surface area contributed by atoms with Gasteiger partial charge in [-0.3, -0.25) is 4.79 Å². The van der Waals surface area contributed by atoms with Crippen molar-refractivity contribution in [1.82, 2.24) is 5.32 Å². The molecular weight excluding hydrogens is 382 g/mol. The third-order valence-corrected chi connectivity index (χ3v) is 4.45. The van der Waals surface area contributed by atoms with Crippen molar-refractivity contribution in [3.05, 3.63) is 64.7 Å². The van der Waals surface area contributed by atoms with E-state index in [-0.39, 0.29) is 19.3 Å². The van der Waals surface area contributed by atoms with Crippen LogP contribution in [-0.4, -0.2) is 37.7 Å². The summed E-state index contributed by atoms with van der Waals surface area (Å²) in [4.78, 5) is 23.6. The average molecular weight is 402 g/mol. The summed E-state index contributed by atoms with van der Waals surface area (Å²) in [7, 11) is 0. The first-order chi connectivity index (χ1) is 13.5. The van der Waals surface area contributed by atoms with Crippen LogP contribution in [0, 0.1) is 6.92 Å². The molecule has 0 spiro atoms. The molecule has 1 heterocycles. The van der Waals surface area contributed by atoms with Gasteiger partial charge in [0.05, 0.1) is 6.54 Å². The van der Waals surface area contributed by atoms with E-state index in [0.717, 1.165) is 11.1 Å². The lowest BCUT2D eigenvalue weighted by Gasteiger charge is -2.26. The molecule has 0 unspecified atom stereocenters. The second-order valence-corrected chi connectivity index (χ2v) is 6.66. The van der Waals surface area contributed by atoms with Crippen molar-refractivity contribution >= 4 is 29.6 Å². The predicted molar refractivity (Wildman–Crippen MR) is 106 cm³/mol. The van der Waals surface area contributed by atoms with Crippen LogP contribution in [0.4, 0.5) is 0 Å². The number of carbonyl (C=O) groups excluding carboxylic acids is 2. The van der Waals surface area contributed by atoms with E-state index in [1.807, 2.05) is 37.3 Å². The van der Waals surface area contributed by atoms with Crippen LogP contribution in [0.2, 0.25) is 5.02 Å². The Labute approximate surface area is 168 Å². The summed E-state index contributed by atoms with van der Waals surface area (Å²) >= 11 is 6.04. The maximum atomic E-state index is 11.9. The van der Waals surface area contributed by atoms with Gasteiger partial charge in [0.1, 0.15) is 12.7 Å². The molecule has 1 N–H and O–H groups in total. The molecule has 1 atom stereocenters. The molecule has 28 heavy (non-hydrogen) atoms. The van der Waals surface area contributed by atoms with Gasteiger partial charge in [-0.05, 0) is 42.3 Å². The number of nitrogens with one attached hydrogen (secondary N) is 1. The molecule has 146 valence electrons. The molecule has 3 rings (SSSR count). The van der Waals surface area contributed by atoms with Crippen molar-refractivity contribution in [2.75, 3.05) is 19.8 Å². The molecule has 2 aromatic rings. The number of halogens is 1. The minimum absolute atomic E-state index is 0.252. The Kier molecular flexibility index (Phi) is 6.55. The fourth-order valence-corrected chi connectivity index (χ4v) is 2.69. The molecule has 1 amide bonds. The number of hydrogen-bond acceptors (Lipinski definition) is 5. The summed E-state index contributed by atoms with van der Waals surface area (Å²) in [5.74, 6) is 0.294. The highest BCUT2D eigenvalue weighted by molar-refractivity contribution is 6.31. The lowest BCUT2D eigenvalue weighted by atomic mass is 10.1. The van der Waals surface area contributed by atoms with E-state index in [0.29, 0.717) is 23.1 Å². The summed E-state index contributed by atoms with van der Waals surface area (Å²) in [5, 5.41) is 3.28. The Hall–Kier alpha value is -2.99. The number of esters is 1. The lowest BCUT2D eigenvalue weighted by Crippen LogP contribution is -2.42. The van der Waals surface area contributed by atoms with Gasteiger partial charge < -0.3 is 19.5 Å². The number of benzene rings is 2. The first-order valence-corrected chi connectivity index (χ1v) is 9.15. The molecular formula is C21H20ClNO5. The van der Waals surface area contributed by atoms with E-state index in [4.69, 9.17) is 25.8 Å². The molecule has 0 saturated carbocycles. The molecule has 1 aliphatic heterocycles. The first kappa shape index (κ1) is 19.8. The second-order valence-electron chi connectivity index (χ2n) is 6.25. The number of carbonyl (C=O) groups is 2. The second kappa shape index (κ2) is 9.28. The minimum Gasteiger partial charge on any atom is -0.486 e. The number of fused-ring (bicyclic) bond motifs is 1. The Balaban J connectivity index is 1.39. The number of para-hydroxylation sites is 2. The van der Waals surface area contributed by atoms with Crippen LogP contribution in [-0.2, 0) is 14.3 Å². The van der Waals surface area contributed by atoms with Crippen LogP contribution in [0.1, 0.15) is 11.1 Å². The van der Waals surface area contributed by atoms with Gasteiger partial charge in [0, 0.05) is 11.1 Å². The molecule has 0 bridgehead atoms. The Morgan fingerprint density at radius 2 is 2.04 bits per heavy atom. The fraction of sp³-hybridized carbons (Fsp3) is 0.238. The summed E-state index contributed by atoms with van der Waals surface area (Å²) < 4.78 is 16.3. The van der Waals surface area contributed by atoms with Crippen molar-refractivity contribution < 1.29 is 23.8 Å². The predicted octanol–water partition coefficient (Wildman–Crippen LogP) is 3.16. The number of hydrogen-bond donors (Lipinski definition) is 1. The standard InChI is InChI=1S/C21H20ClNO5/c1-14-6-7-15(10-17(14)22)8-9-21(25)27-13-20(24)23-11-16-12-26-18-4-2-3-5-19(18)28-16/h2-10,16H,11-13H2,1H3,(H,23,24)/b9-8+/t16-/m0/s1. The van der Waals surface area contributed by atoms with Crippen LogP contribution in [0.3, 0.4) is 0 Å². The monoisotopic (exact) mass is 401 g/mol. The summed E-state index contributed by atoms with van der Waals surface area (Å²) in [6.45, 7) is 2.11. The summed E-state index contributed by atoms with van der Waals surface area (Å²) in [5.41, 5.74) is 1.72. The van der Waals surface area contributed by atoms with Crippen LogP contribution >= 0.6 is 11.6 Å². The maximum absolute atomic E-state index is 11.9. The SMILES string of the molecule is Cc1ccc(/C=C/C(=O)OCC(=O)NC[C@H]2COc3ccccc3O2)cc1Cl. The van der Waals surface area contributed by atoms with Gasteiger partial charge in [0.2, 0.25) is 0 Å². The van der Waals surface area contributed by atoms with Crippen LogP contribution in [0.25, 0.3) is 6.08 Å². The number of ether oxygens (including phenoxy) is 3. The molecule has 0 fully saturated rings. The molecule has 0 aliphatic carbocycles. The van der Waals surface area contributed by atoms with Gasteiger partial charge in [-0.15, -0.1) is 0 Å². The van der Waals surface area contributed by atoms with Crippen molar-refractivity contribution in [3.8, 4) is 11.5 Å². The van der Waals surface area contributed by atoms with Gasteiger partial charge in [-0.2, -0.15) is 0 Å². The number of rotatable bonds is 6. The zero-order valence-electron chi connectivity index (χ0n) is 15.3. The van der Waals surface area contributed by atoms with Gasteiger partial charge >= 0.3 is 5.97 Å². The summed E-state index contributed by atoms with van der Waals surface area (Å²) in [6.07, 6.45) is 2.53. The van der Waals surface area contributed by atoms with E-state index in [9.17, 15) is 9.59 Å². The molecule has 0 radical (unpaired) electrons. The topological polar surface area (TPSA) is 73.9 Å². The third kappa shape index (κ3) is 5.50. The highest BCUT2D eigenvalue weighted by Gasteiger charge is 2.21. The number of amides is 1. The quantitative estimate of drug-likeness (QED) is 0.594. The van der Waals surface area contributed by atoms with E-state index in [1.54, 1.807) is 18.2 Å². The van der Waals surface area contributed by atoms with Crippen molar-refractivity contribution in [2.45, 2.75) is 13.0 Å². The Morgan fingerprint density at radius 3 is 2.82 bits per heavy atom. The average Bonchev–Trinajstić information content (AvgIpc) is 2.71. The molecule has 0 aromatic heterocycles. The highest BCUT2D eigenvalue weighted by atomic mass is 35.5.